The highest BCUT2D eigenvalue weighted by Gasteiger charge is 2.21. The number of aromatic nitrogens is 1. The third kappa shape index (κ3) is 1.97. The Morgan fingerprint density at radius 3 is 3.08 bits per heavy atom. The quantitative estimate of drug-likeness (QED) is 0.723. The highest BCUT2D eigenvalue weighted by Crippen LogP contribution is 2.28. The van der Waals surface area contributed by atoms with Gasteiger partial charge in [-0.25, -0.2) is 0 Å². The molecular weight excluding hydrogens is 251 g/mol. The monoisotopic (exact) mass is 260 g/mol. The number of rotatable bonds is 1. The minimum atomic E-state index is 0.292. The van der Waals surface area contributed by atoms with Crippen molar-refractivity contribution in [2.45, 2.75) is 11.8 Å². The third-order valence-corrected chi connectivity index (χ3v) is 3.19. The number of alkyl halides is 1. The van der Waals surface area contributed by atoms with Gasteiger partial charge >= 0.3 is 0 Å². The van der Waals surface area contributed by atoms with Crippen LogP contribution in [-0.2, 0) is 0 Å². The molecule has 0 bridgehead atoms. The minimum Gasteiger partial charge on any atom is -0.369 e. The Bertz CT molecular complexity index is 305. The fourth-order valence-electron chi connectivity index (χ4n) is 1.56. The molecule has 1 atom stereocenters. The average Bonchev–Trinajstić information content (AvgIpc) is 2.53. The lowest BCUT2D eigenvalue weighted by molar-refractivity contribution is 0.957. The fourth-order valence-corrected chi connectivity index (χ4v) is 2.33. The van der Waals surface area contributed by atoms with E-state index in [9.17, 15) is 0 Å². The van der Waals surface area contributed by atoms with Gasteiger partial charge in [0.2, 0.25) is 0 Å². The van der Waals surface area contributed by atoms with Crippen molar-refractivity contribution >= 4 is 33.2 Å². The van der Waals surface area contributed by atoms with E-state index in [1.165, 1.54) is 5.69 Å². The smallest absolute Gasteiger partial charge is 0.0592 e. The van der Waals surface area contributed by atoms with Gasteiger partial charge in [0.05, 0.1) is 15.5 Å². The van der Waals surface area contributed by atoms with Crippen molar-refractivity contribution in [3.05, 3.63) is 22.9 Å². The summed E-state index contributed by atoms with van der Waals surface area (Å²) >= 11 is 9.52. The minimum absolute atomic E-state index is 0.292. The first kappa shape index (κ1) is 9.28. The van der Waals surface area contributed by atoms with Crippen molar-refractivity contribution < 1.29 is 0 Å². The molecule has 2 rings (SSSR count). The Kier molecular flexibility index (Phi) is 2.74. The van der Waals surface area contributed by atoms with E-state index in [1.807, 2.05) is 18.5 Å². The van der Waals surface area contributed by atoms with Gasteiger partial charge in [-0.2, -0.15) is 0 Å². The summed E-state index contributed by atoms with van der Waals surface area (Å²) in [6, 6.07) is 2.01. The van der Waals surface area contributed by atoms with Crippen LogP contribution in [0.4, 0.5) is 5.69 Å². The van der Waals surface area contributed by atoms with Crippen LogP contribution in [0, 0.1) is 0 Å². The molecular formula is C9H10BrClN2. The molecule has 0 aliphatic carbocycles. The van der Waals surface area contributed by atoms with Crippen LogP contribution in [-0.4, -0.2) is 23.5 Å². The molecule has 4 heteroatoms. The Morgan fingerprint density at radius 1 is 1.62 bits per heavy atom. The maximum atomic E-state index is 6.04. The van der Waals surface area contributed by atoms with Gasteiger partial charge in [-0.1, -0.05) is 0 Å². The highest BCUT2D eigenvalue weighted by molar-refractivity contribution is 9.10. The normalized spacial score (nSPS) is 22.3. The lowest BCUT2D eigenvalue weighted by Gasteiger charge is -2.18. The molecule has 1 aromatic heterocycles. The van der Waals surface area contributed by atoms with E-state index in [0.717, 1.165) is 24.0 Å². The Hall–Kier alpha value is -0.280. The summed E-state index contributed by atoms with van der Waals surface area (Å²) in [7, 11) is 0. The topological polar surface area (TPSA) is 16.1 Å². The van der Waals surface area contributed by atoms with E-state index >= 15 is 0 Å². The van der Waals surface area contributed by atoms with E-state index in [4.69, 9.17) is 11.6 Å². The van der Waals surface area contributed by atoms with Crippen molar-refractivity contribution in [2.24, 2.45) is 0 Å². The zero-order valence-corrected chi connectivity index (χ0v) is 9.42. The van der Waals surface area contributed by atoms with Crippen LogP contribution < -0.4 is 4.90 Å². The second-order valence-electron chi connectivity index (χ2n) is 3.16. The molecule has 1 fully saturated rings. The van der Waals surface area contributed by atoms with Crippen molar-refractivity contribution in [3.8, 4) is 0 Å². The third-order valence-electron chi connectivity index (χ3n) is 2.22. The van der Waals surface area contributed by atoms with Crippen LogP contribution in [0.25, 0.3) is 0 Å². The molecule has 0 N–H and O–H groups in total. The summed E-state index contributed by atoms with van der Waals surface area (Å²) in [5.74, 6) is 0. The molecule has 1 unspecified atom stereocenters. The molecule has 2 nitrogen and oxygen atoms in total. The molecule has 0 amide bonds. The van der Waals surface area contributed by atoms with Crippen LogP contribution in [0.1, 0.15) is 6.42 Å². The van der Waals surface area contributed by atoms with Gasteiger partial charge in [0.15, 0.2) is 0 Å². The second-order valence-corrected chi connectivity index (χ2v) is 4.63. The molecule has 0 spiro atoms. The first-order chi connectivity index (χ1) is 6.27. The van der Waals surface area contributed by atoms with Crippen molar-refractivity contribution in [3.63, 3.8) is 0 Å². The molecule has 1 aliphatic heterocycles. The lowest BCUT2D eigenvalue weighted by atomic mass is 10.4. The van der Waals surface area contributed by atoms with E-state index in [-0.39, 0.29) is 0 Å². The van der Waals surface area contributed by atoms with E-state index in [0.29, 0.717) is 5.38 Å². The number of halogens is 2. The van der Waals surface area contributed by atoms with E-state index < -0.39 is 0 Å². The fraction of sp³-hybridized carbons (Fsp3) is 0.444. The van der Waals surface area contributed by atoms with Crippen LogP contribution >= 0.6 is 27.5 Å². The zero-order chi connectivity index (χ0) is 9.26. The molecule has 1 aliphatic rings. The van der Waals surface area contributed by atoms with E-state index in [2.05, 4.69) is 25.8 Å². The number of hydrogen-bond acceptors (Lipinski definition) is 2. The van der Waals surface area contributed by atoms with E-state index in [1.54, 1.807) is 0 Å². The molecule has 13 heavy (non-hydrogen) atoms. The highest BCUT2D eigenvalue weighted by atomic mass is 79.9. The van der Waals surface area contributed by atoms with Crippen LogP contribution in [0.5, 0.6) is 0 Å². The Labute approximate surface area is 91.0 Å². The first-order valence-corrected chi connectivity index (χ1v) is 5.49. The van der Waals surface area contributed by atoms with Crippen molar-refractivity contribution in [1.82, 2.24) is 4.98 Å². The molecule has 0 radical (unpaired) electrons. The molecule has 0 saturated carbocycles. The molecule has 2 heterocycles. The molecule has 0 aromatic carbocycles. The number of hydrogen-bond donors (Lipinski definition) is 0. The van der Waals surface area contributed by atoms with Gasteiger partial charge in [0.25, 0.3) is 0 Å². The molecule has 1 aromatic rings. The standard InChI is InChI=1S/C9H10BrClN2/c10-8-5-12-3-1-9(8)13-4-2-7(11)6-13/h1,3,5,7H,2,4,6H2. The Balaban J connectivity index is 2.21. The zero-order valence-electron chi connectivity index (χ0n) is 7.08. The maximum Gasteiger partial charge on any atom is 0.0592 e. The van der Waals surface area contributed by atoms with Gasteiger partial charge in [-0.05, 0) is 28.4 Å². The van der Waals surface area contributed by atoms with Gasteiger partial charge < -0.3 is 4.90 Å². The predicted molar refractivity (Wildman–Crippen MR) is 58.4 cm³/mol. The second kappa shape index (κ2) is 3.84. The summed E-state index contributed by atoms with van der Waals surface area (Å²) in [6.07, 6.45) is 4.69. The molecule has 70 valence electrons. The van der Waals surface area contributed by atoms with Gasteiger partial charge in [-0.15, -0.1) is 11.6 Å². The van der Waals surface area contributed by atoms with Crippen LogP contribution in [0.2, 0.25) is 0 Å². The number of pyridine rings is 1. The summed E-state index contributed by atoms with van der Waals surface area (Å²) in [5, 5.41) is 0.292. The van der Waals surface area contributed by atoms with Gasteiger partial charge in [0, 0.05) is 25.5 Å². The number of nitrogens with zero attached hydrogens (tertiary/aromatic N) is 2. The lowest BCUT2D eigenvalue weighted by Crippen LogP contribution is -2.20. The SMILES string of the molecule is ClC1CCN(c2ccncc2Br)C1. The number of anilines is 1. The van der Waals surface area contributed by atoms with Crippen molar-refractivity contribution in [1.29, 1.82) is 0 Å². The summed E-state index contributed by atoms with van der Waals surface area (Å²) in [4.78, 5) is 6.31. The maximum absolute atomic E-state index is 6.04. The van der Waals surface area contributed by atoms with Gasteiger partial charge in [0.1, 0.15) is 0 Å². The van der Waals surface area contributed by atoms with Crippen LogP contribution in [0.15, 0.2) is 22.9 Å². The summed E-state index contributed by atoms with van der Waals surface area (Å²) in [6.45, 7) is 1.97. The van der Waals surface area contributed by atoms with Crippen LogP contribution in [0.3, 0.4) is 0 Å². The first-order valence-electron chi connectivity index (χ1n) is 4.26. The summed E-state index contributed by atoms with van der Waals surface area (Å²) < 4.78 is 1.04. The largest absolute Gasteiger partial charge is 0.369 e. The molecule has 1 saturated heterocycles. The van der Waals surface area contributed by atoms with Crippen molar-refractivity contribution in [2.75, 3.05) is 18.0 Å². The average molecular weight is 262 g/mol. The summed E-state index contributed by atoms with van der Waals surface area (Å²) in [5.41, 5.74) is 1.19. The Morgan fingerprint density at radius 2 is 2.46 bits per heavy atom. The predicted octanol–water partition coefficient (Wildman–Crippen LogP) is 2.66. The van der Waals surface area contributed by atoms with Gasteiger partial charge in [-0.3, -0.25) is 4.98 Å².